The van der Waals surface area contributed by atoms with Gasteiger partial charge in [0.25, 0.3) is 0 Å². The minimum atomic E-state index is -0.418. The molecule has 0 spiro atoms. The summed E-state index contributed by atoms with van der Waals surface area (Å²) in [6, 6.07) is 5.05. The van der Waals surface area contributed by atoms with Crippen LogP contribution in [0.2, 0.25) is 0 Å². The molecule has 1 rings (SSSR count). The number of nitrogens with two attached hydrogens (primary N) is 1. The predicted octanol–water partition coefficient (Wildman–Crippen LogP) is 1.49. The summed E-state index contributed by atoms with van der Waals surface area (Å²) in [6.45, 7) is 2.55. The summed E-state index contributed by atoms with van der Waals surface area (Å²) in [5.74, 6) is 0.192. The quantitative estimate of drug-likeness (QED) is 0.329. The predicted molar refractivity (Wildman–Crippen MR) is 84.6 cm³/mol. The highest BCUT2D eigenvalue weighted by molar-refractivity contribution is 5.91. The number of nitrogens with one attached hydrogen (secondary N) is 1. The second-order valence-electron chi connectivity index (χ2n) is 4.62. The van der Waals surface area contributed by atoms with E-state index in [0.29, 0.717) is 24.6 Å². The first-order valence-electron chi connectivity index (χ1n) is 7.09. The molecular formula is C16H22N2O4. The lowest BCUT2D eigenvalue weighted by atomic mass is 10.2. The van der Waals surface area contributed by atoms with Crippen molar-refractivity contribution in [2.75, 3.05) is 20.2 Å². The second kappa shape index (κ2) is 9.57. The van der Waals surface area contributed by atoms with Gasteiger partial charge in [-0.25, -0.2) is 0 Å². The molecule has 1 aromatic rings. The molecule has 0 bridgehead atoms. The van der Waals surface area contributed by atoms with Crippen LogP contribution in [0, 0.1) is 0 Å². The van der Waals surface area contributed by atoms with Gasteiger partial charge in [-0.1, -0.05) is 6.07 Å². The van der Waals surface area contributed by atoms with E-state index >= 15 is 0 Å². The molecule has 0 saturated carbocycles. The maximum absolute atomic E-state index is 11.6. The van der Waals surface area contributed by atoms with E-state index in [1.807, 2.05) is 0 Å². The van der Waals surface area contributed by atoms with Crippen molar-refractivity contribution in [3.05, 3.63) is 29.8 Å². The highest BCUT2D eigenvalue weighted by Crippen LogP contribution is 2.28. The van der Waals surface area contributed by atoms with Crippen LogP contribution >= 0.6 is 0 Å². The number of carbonyl (C=O) groups is 2. The molecule has 0 aliphatic rings. The topological polar surface area (TPSA) is 90.7 Å². The molecule has 6 nitrogen and oxygen atoms in total. The fourth-order valence-corrected chi connectivity index (χ4v) is 1.74. The number of rotatable bonds is 8. The largest absolute Gasteiger partial charge is 0.493 e. The van der Waals surface area contributed by atoms with Gasteiger partial charge in [-0.05, 0) is 43.2 Å². The highest BCUT2D eigenvalue weighted by Gasteiger charge is 2.07. The monoisotopic (exact) mass is 306 g/mol. The Kier molecular flexibility index (Phi) is 7.70. The Labute approximate surface area is 130 Å². The molecule has 120 valence electrons. The van der Waals surface area contributed by atoms with Crippen LogP contribution in [0.25, 0.3) is 6.08 Å². The Hall–Kier alpha value is -2.34. The van der Waals surface area contributed by atoms with Crippen LogP contribution < -0.4 is 20.5 Å². The Balaban J connectivity index is 2.63. The van der Waals surface area contributed by atoms with E-state index in [0.717, 1.165) is 18.4 Å². The summed E-state index contributed by atoms with van der Waals surface area (Å²) in [5.41, 5.74) is 6.15. The summed E-state index contributed by atoms with van der Waals surface area (Å²) in [7, 11) is 1.49. The lowest BCUT2D eigenvalue weighted by Crippen LogP contribution is -2.22. The SMILES string of the molecule is COc1cc(C=CC(=O)NCCCCN)ccc1OC(C)=O. The zero-order chi connectivity index (χ0) is 16.4. The Bertz CT molecular complexity index is 541. The van der Waals surface area contributed by atoms with Crippen LogP contribution in [0.1, 0.15) is 25.3 Å². The molecule has 0 saturated heterocycles. The summed E-state index contributed by atoms with van der Waals surface area (Å²) < 4.78 is 10.2. The Morgan fingerprint density at radius 2 is 2.05 bits per heavy atom. The van der Waals surface area contributed by atoms with Gasteiger partial charge >= 0.3 is 5.97 Å². The van der Waals surface area contributed by atoms with Gasteiger partial charge in [-0.15, -0.1) is 0 Å². The smallest absolute Gasteiger partial charge is 0.308 e. The molecule has 0 radical (unpaired) electrons. The van der Waals surface area contributed by atoms with Gasteiger partial charge in [0.05, 0.1) is 7.11 Å². The number of hydrogen-bond acceptors (Lipinski definition) is 5. The van der Waals surface area contributed by atoms with Crippen molar-refractivity contribution in [3.8, 4) is 11.5 Å². The van der Waals surface area contributed by atoms with Crippen LogP contribution in [0.3, 0.4) is 0 Å². The standard InChI is InChI=1S/C16H22N2O4/c1-12(19)22-14-7-5-13(11-15(14)21-2)6-8-16(20)18-10-4-3-9-17/h5-8,11H,3-4,9-10,17H2,1-2H3,(H,18,20). The summed E-state index contributed by atoms with van der Waals surface area (Å²) in [6.07, 6.45) is 4.86. The lowest BCUT2D eigenvalue weighted by molar-refractivity contribution is -0.132. The summed E-state index contributed by atoms with van der Waals surface area (Å²) >= 11 is 0. The highest BCUT2D eigenvalue weighted by atomic mass is 16.6. The maximum atomic E-state index is 11.6. The first-order chi connectivity index (χ1) is 10.6. The van der Waals surface area contributed by atoms with Crippen molar-refractivity contribution in [3.63, 3.8) is 0 Å². The molecule has 0 aromatic heterocycles. The van der Waals surface area contributed by atoms with Crippen molar-refractivity contribution < 1.29 is 19.1 Å². The minimum Gasteiger partial charge on any atom is -0.493 e. The molecule has 0 aliphatic heterocycles. The molecule has 22 heavy (non-hydrogen) atoms. The first kappa shape index (κ1) is 17.7. The first-order valence-corrected chi connectivity index (χ1v) is 7.09. The third-order valence-corrected chi connectivity index (χ3v) is 2.80. The van der Waals surface area contributed by atoms with Crippen LogP contribution in [-0.4, -0.2) is 32.1 Å². The van der Waals surface area contributed by atoms with Crippen molar-refractivity contribution in [1.82, 2.24) is 5.32 Å². The van der Waals surface area contributed by atoms with Crippen molar-refractivity contribution >= 4 is 18.0 Å². The number of ether oxygens (including phenoxy) is 2. The third kappa shape index (κ3) is 6.41. The zero-order valence-electron chi connectivity index (χ0n) is 12.9. The van der Waals surface area contributed by atoms with Crippen LogP contribution in [-0.2, 0) is 9.59 Å². The molecule has 1 aromatic carbocycles. The van der Waals surface area contributed by atoms with Gasteiger partial charge in [0.2, 0.25) is 5.91 Å². The summed E-state index contributed by atoms with van der Waals surface area (Å²) in [4.78, 5) is 22.6. The number of hydrogen-bond donors (Lipinski definition) is 2. The average molecular weight is 306 g/mol. The zero-order valence-corrected chi connectivity index (χ0v) is 12.9. The molecule has 0 fully saturated rings. The van der Waals surface area contributed by atoms with Crippen LogP contribution in [0.15, 0.2) is 24.3 Å². The fourth-order valence-electron chi connectivity index (χ4n) is 1.74. The summed E-state index contributed by atoms with van der Waals surface area (Å²) in [5, 5.41) is 2.77. The molecule has 0 aliphatic carbocycles. The second-order valence-corrected chi connectivity index (χ2v) is 4.62. The third-order valence-electron chi connectivity index (χ3n) is 2.80. The number of amides is 1. The number of esters is 1. The van der Waals surface area contributed by atoms with Gasteiger partial charge in [-0.3, -0.25) is 9.59 Å². The number of benzene rings is 1. The fraction of sp³-hybridized carbons (Fsp3) is 0.375. The van der Waals surface area contributed by atoms with E-state index in [4.69, 9.17) is 15.2 Å². The maximum Gasteiger partial charge on any atom is 0.308 e. The molecule has 1 amide bonds. The number of unbranched alkanes of at least 4 members (excludes halogenated alkanes) is 1. The molecule has 0 heterocycles. The van der Waals surface area contributed by atoms with E-state index in [-0.39, 0.29) is 5.91 Å². The number of methoxy groups -OCH3 is 1. The molecule has 0 atom stereocenters. The van der Waals surface area contributed by atoms with Gasteiger partial charge in [0, 0.05) is 19.5 Å². The number of carbonyl (C=O) groups excluding carboxylic acids is 2. The molecular weight excluding hydrogens is 284 g/mol. The normalized spacial score (nSPS) is 10.5. The van der Waals surface area contributed by atoms with E-state index < -0.39 is 5.97 Å². The van der Waals surface area contributed by atoms with E-state index in [2.05, 4.69) is 5.32 Å². The van der Waals surface area contributed by atoms with Crippen LogP contribution in [0.4, 0.5) is 0 Å². The molecule has 0 unspecified atom stereocenters. The van der Waals surface area contributed by atoms with E-state index in [9.17, 15) is 9.59 Å². The Morgan fingerprint density at radius 3 is 2.68 bits per heavy atom. The Morgan fingerprint density at radius 1 is 1.27 bits per heavy atom. The van der Waals surface area contributed by atoms with Gasteiger partial charge in [0.1, 0.15) is 0 Å². The molecule has 3 N–H and O–H groups in total. The lowest BCUT2D eigenvalue weighted by Gasteiger charge is -2.08. The van der Waals surface area contributed by atoms with E-state index in [1.165, 1.54) is 20.1 Å². The van der Waals surface area contributed by atoms with Crippen molar-refractivity contribution in [2.24, 2.45) is 5.73 Å². The van der Waals surface area contributed by atoms with Gasteiger partial charge < -0.3 is 20.5 Å². The average Bonchev–Trinajstić information content (AvgIpc) is 2.50. The van der Waals surface area contributed by atoms with Gasteiger partial charge in [0.15, 0.2) is 11.5 Å². The van der Waals surface area contributed by atoms with Gasteiger partial charge in [-0.2, -0.15) is 0 Å². The van der Waals surface area contributed by atoms with Crippen molar-refractivity contribution in [1.29, 1.82) is 0 Å². The van der Waals surface area contributed by atoms with Crippen molar-refractivity contribution in [2.45, 2.75) is 19.8 Å². The van der Waals surface area contributed by atoms with E-state index in [1.54, 1.807) is 24.3 Å². The minimum absolute atomic E-state index is 0.167. The van der Waals surface area contributed by atoms with Crippen LogP contribution in [0.5, 0.6) is 11.5 Å². The molecule has 6 heteroatoms.